The summed E-state index contributed by atoms with van der Waals surface area (Å²) >= 11 is 0. The molecule has 1 aromatic heterocycles. The average Bonchev–Trinajstić information content (AvgIpc) is 3.55. The number of ether oxygens (including phenoxy) is 1. The summed E-state index contributed by atoms with van der Waals surface area (Å²) < 4.78 is 33.3. The molecule has 0 amide bonds. The molecule has 33 heavy (non-hydrogen) atoms. The van der Waals surface area contributed by atoms with E-state index in [4.69, 9.17) is 4.74 Å². The van der Waals surface area contributed by atoms with Crippen LogP contribution in [0.5, 0.6) is 5.75 Å². The van der Waals surface area contributed by atoms with Crippen molar-refractivity contribution < 1.29 is 13.7 Å². The number of benzene rings is 2. The third-order valence-electron chi connectivity index (χ3n) is 6.86. The molecule has 2 atom stereocenters. The fraction of sp³-hybridized carbons (Fsp3) is 0.393. The molecule has 172 valence electrons. The van der Waals surface area contributed by atoms with Gasteiger partial charge >= 0.3 is 0 Å². The Labute approximate surface area is 195 Å². The molecule has 0 aliphatic heterocycles. The van der Waals surface area contributed by atoms with Gasteiger partial charge in [-0.2, -0.15) is 0 Å². The third-order valence-corrected chi connectivity index (χ3v) is 8.13. The largest absolute Gasteiger partial charge is 0.486 e. The molecule has 2 aliphatic rings. The van der Waals surface area contributed by atoms with Crippen LogP contribution in [0.1, 0.15) is 53.7 Å². The van der Waals surface area contributed by atoms with Gasteiger partial charge in [0, 0.05) is 17.4 Å². The van der Waals surface area contributed by atoms with Crippen molar-refractivity contribution in [2.24, 2.45) is 5.92 Å². The maximum Gasteiger partial charge on any atom is 0.149 e. The van der Waals surface area contributed by atoms with E-state index >= 15 is 0 Å². The van der Waals surface area contributed by atoms with Crippen molar-refractivity contribution in [3.8, 4) is 16.9 Å². The summed E-state index contributed by atoms with van der Waals surface area (Å²) in [4.78, 5) is 4.04. The first kappa shape index (κ1) is 22.3. The Hall–Kier alpha value is -2.45. The van der Waals surface area contributed by atoms with Crippen molar-refractivity contribution in [1.29, 1.82) is 0 Å². The molecule has 0 saturated heterocycles. The van der Waals surface area contributed by atoms with E-state index < -0.39 is 7.14 Å². The highest BCUT2D eigenvalue weighted by atomic mass is 31.2. The third kappa shape index (κ3) is 5.06. The van der Waals surface area contributed by atoms with Gasteiger partial charge in [0.15, 0.2) is 0 Å². The number of nitrogens with zero attached hydrogens (tertiary/aromatic N) is 1. The second-order valence-corrected chi connectivity index (χ2v) is 13.7. The number of fused-ring (bicyclic) bond motifs is 1. The van der Waals surface area contributed by atoms with Crippen molar-refractivity contribution in [1.82, 2.24) is 4.98 Å². The predicted molar refractivity (Wildman–Crippen MR) is 132 cm³/mol. The number of pyridine rings is 1. The molecule has 3 aromatic rings. The van der Waals surface area contributed by atoms with Crippen molar-refractivity contribution >= 4 is 7.14 Å². The van der Waals surface area contributed by atoms with Crippen LogP contribution in [0, 0.1) is 18.7 Å². The zero-order valence-electron chi connectivity index (χ0n) is 19.6. The average molecular weight is 464 g/mol. The van der Waals surface area contributed by atoms with Crippen LogP contribution in [0.4, 0.5) is 4.39 Å². The van der Waals surface area contributed by atoms with Gasteiger partial charge in [0.25, 0.3) is 0 Å². The minimum atomic E-state index is -2.10. The number of halogens is 1. The summed E-state index contributed by atoms with van der Waals surface area (Å²) in [7, 11) is -2.10. The fourth-order valence-corrected chi connectivity index (χ4v) is 6.57. The van der Waals surface area contributed by atoms with E-state index in [0.717, 1.165) is 36.0 Å². The van der Waals surface area contributed by atoms with E-state index in [1.165, 1.54) is 35.7 Å². The number of rotatable bonds is 7. The quantitative estimate of drug-likeness (QED) is 0.343. The fourth-order valence-electron chi connectivity index (χ4n) is 5.11. The van der Waals surface area contributed by atoms with Gasteiger partial charge in [-0.15, -0.1) is 0 Å². The Balaban J connectivity index is 1.36. The molecule has 0 bridgehead atoms. The second-order valence-electron chi connectivity index (χ2n) is 10.1. The van der Waals surface area contributed by atoms with E-state index in [1.54, 1.807) is 6.07 Å². The molecule has 2 aliphatic carbocycles. The van der Waals surface area contributed by atoms with Crippen LogP contribution in [-0.4, -0.2) is 24.5 Å². The summed E-state index contributed by atoms with van der Waals surface area (Å²) in [5.74, 6) is 1.58. The molecular formula is C28H31FNO2P. The lowest BCUT2D eigenvalue weighted by Crippen LogP contribution is -2.08. The van der Waals surface area contributed by atoms with Crippen molar-refractivity contribution in [2.45, 2.75) is 44.6 Å². The summed E-state index contributed by atoms with van der Waals surface area (Å²) in [6.45, 7) is 5.67. The van der Waals surface area contributed by atoms with Gasteiger partial charge in [-0.05, 0) is 98.2 Å². The zero-order chi connectivity index (χ0) is 23.2. The van der Waals surface area contributed by atoms with E-state index in [9.17, 15) is 8.96 Å². The Morgan fingerprint density at radius 1 is 1.12 bits per heavy atom. The molecule has 1 fully saturated rings. The minimum absolute atomic E-state index is 0.00357. The first-order valence-corrected chi connectivity index (χ1v) is 14.6. The van der Waals surface area contributed by atoms with Crippen LogP contribution in [0.2, 0.25) is 0 Å². The van der Waals surface area contributed by atoms with Crippen LogP contribution in [-0.2, 0) is 11.0 Å². The highest BCUT2D eigenvalue weighted by Gasteiger charge is 2.35. The standard InChI is InChI=1S/C28H31FNO2P/c1-18-13-25(27(29)16-30-18)22-9-11-24-21(14-22)10-12-28(24)32-23-6-4-5-20(15-23)26(19-7-8-19)17-33(2,3)31/h4-6,9,11,13-16,19,26,28H,7-8,10,12,17H2,1-3H3/t26-,28?/m0/s1. The number of hydrogen-bond acceptors (Lipinski definition) is 3. The van der Waals surface area contributed by atoms with Gasteiger partial charge in [-0.1, -0.05) is 30.3 Å². The summed E-state index contributed by atoms with van der Waals surface area (Å²) in [5, 5.41) is 0. The second kappa shape index (κ2) is 8.72. The Morgan fingerprint density at radius 2 is 1.94 bits per heavy atom. The molecule has 0 spiro atoms. The van der Waals surface area contributed by atoms with Gasteiger partial charge in [-0.25, -0.2) is 4.39 Å². The number of hydrogen-bond donors (Lipinski definition) is 0. The maximum absolute atomic E-state index is 14.3. The number of aromatic nitrogens is 1. The van der Waals surface area contributed by atoms with Crippen LogP contribution in [0.25, 0.3) is 11.1 Å². The molecule has 3 nitrogen and oxygen atoms in total. The van der Waals surface area contributed by atoms with E-state index in [0.29, 0.717) is 17.4 Å². The molecule has 0 N–H and O–H groups in total. The lowest BCUT2D eigenvalue weighted by atomic mass is 9.96. The maximum atomic E-state index is 14.3. The Morgan fingerprint density at radius 3 is 2.70 bits per heavy atom. The van der Waals surface area contributed by atoms with Crippen LogP contribution in [0.15, 0.2) is 54.7 Å². The topological polar surface area (TPSA) is 39.2 Å². The van der Waals surface area contributed by atoms with Crippen molar-refractivity contribution in [3.05, 3.63) is 82.9 Å². The van der Waals surface area contributed by atoms with Gasteiger partial charge in [0.2, 0.25) is 0 Å². The first-order valence-electron chi connectivity index (χ1n) is 11.8. The van der Waals surface area contributed by atoms with Crippen molar-refractivity contribution in [2.75, 3.05) is 19.5 Å². The van der Waals surface area contributed by atoms with Gasteiger partial charge < -0.3 is 9.30 Å². The van der Waals surface area contributed by atoms with Crippen molar-refractivity contribution in [3.63, 3.8) is 0 Å². The smallest absolute Gasteiger partial charge is 0.149 e. The van der Waals surface area contributed by atoms with Crippen LogP contribution in [0.3, 0.4) is 0 Å². The molecule has 2 aromatic carbocycles. The van der Waals surface area contributed by atoms with E-state index in [1.807, 2.05) is 32.4 Å². The minimum Gasteiger partial charge on any atom is -0.486 e. The van der Waals surface area contributed by atoms with Gasteiger partial charge in [-0.3, -0.25) is 4.98 Å². The highest BCUT2D eigenvalue weighted by Crippen LogP contribution is 2.51. The molecule has 1 heterocycles. The predicted octanol–water partition coefficient (Wildman–Crippen LogP) is 7.38. The highest BCUT2D eigenvalue weighted by molar-refractivity contribution is 7.62. The summed E-state index contributed by atoms with van der Waals surface area (Å²) in [5.41, 5.74) is 5.93. The van der Waals surface area contributed by atoms with Gasteiger partial charge in [0.1, 0.15) is 17.7 Å². The normalized spacial score (nSPS) is 18.7. The lowest BCUT2D eigenvalue weighted by molar-refractivity contribution is 0.207. The monoisotopic (exact) mass is 463 g/mol. The Kier molecular flexibility index (Phi) is 5.91. The van der Waals surface area contributed by atoms with Crippen LogP contribution < -0.4 is 4.74 Å². The van der Waals surface area contributed by atoms with E-state index in [2.05, 4.69) is 35.3 Å². The molecule has 5 heteroatoms. The molecule has 5 rings (SSSR count). The van der Waals surface area contributed by atoms with Gasteiger partial charge in [0.05, 0.1) is 13.3 Å². The number of aryl methyl sites for hydroxylation is 2. The first-order chi connectivity index (χ1) is 15.8. The zero-order valence-corrected chi connectivity index (χ0v) is 20.4. The SMILES string of the molecule is Cc1cc(-c2ccc3c(c2)CCC3Oc2cccc([C@@H](CP(C)(C)=O)C3CC3)c2)c(F)cn1. The summed E-state index contributed by atoms with van der Waals surface area (Å²) in [6.07, 6.45) is 6.33. The Bertz CT molecular complexity index is 1230. The molecule has 0 radical (unpaired) electrons. The summed E-state index contributed by atoms with van der Waals surface area (Å²) in [6, 6.07) is 16.3. The van der Waals surface area contributed by atoms with E-state index in [-0.39, 0.29) is 11.9 Å². The molecular weight excluding hydrogens is 432 g/mol. The van der Waals surface area contributed by atoms with Crippen LogP contribution >= 0.6 is 7.14 Å². The molecule has 1 saturated carbocycles. The lowest BCUT2D eigenvalue weighted by Gasteiger charge is -2.21. The molecule has 1 unspecified atom stereocenters.